The van der Waals surface area contributed by atoms with Gasteiger partial charge in [-0.1, -0.05) is 54.2 Å². The molecule has 0 aliphatic carbocycles. The quantitative estimate of drug-likeness (QED) is 0.385. The molecule has 1 atom stereocenters. The molecule has 0 aliphatic rings. The van der Waals surface area contributed by atoms with Crippen molar-refractivity contribution in [2.45, 2.75) is 30.3 Å². The molecule has 4 rings (SSSR count). The molecular weight excluding hydrogens is 428 g/mol. The van der Waals surface area contributed by atoms with Crippen molar-refractivity contribution in [3.63, 3.8) is 0 Å². The summed E-state index contributed by atoms with van der Waals surface area (Å²) < 4.78 is 2.16. The molecule has 6 nitrogen and oxygen atoms in total. The molecule has 31 heavy (non-hydrogen) atoms. The molecule has 2 aromatic heterocycles. The van der Waals surface area contributed by atoms with E-state index in [1.165, 1.54) is 28.7 Å². The van der Waals surface area contributed by atoms with Crippen LogP contribution in [-0.2, 0) is 17.8 Å². The lowest BCUT2D eigenvalue weighted by atomic mass is 10.1. The van der Waals surface area contributed by atoms with Crippen LogP contribution in [0.3, 0.4) is 0 Å². The molecule has 3 N–H and O–H groups in total. The summed E-state index contributed by atoms with van der Waals surface area (Å²) in [5.74, 6) is -0.754. The summed E-state index contributed by atoms with van der Waals surface area (Å²) in [4.78, 5) is 29.1. The third-order valence-electron chi connectivity index (χ3n) is 4.91. The minimum atomic E-state index is -0.556. The van der Waals surface area contributed by atoms with E-state index >= 15 is 0 Å². The van der Waals surface area contributed by atoms with Crippen LogP contribution >= 0.6 is 23.1 Å². The molecule has 0 fully saturated rings. The molecule has 2 heterocycles. The molecule has 0 saturated carbocycles. The first-order chi connectivity index (χ1) is 15.0. The largest absolute Gasteiger partial charge is 0.366 e. The predicted molar refractivity (Wildman–Crippen MR) is 127 cm³/mol. The molecule has 4 aromatic rings. The van der Waals surface area contributed by atoms with Crippen LogP contribution in [0.25, 0.3) is 11.0 Å². The minimum absolute atomic E-state index is 0.198. The minimum Gasteiger partial charge on any atom is -0.366 e. The third kappa shape index (κ3) is 4.81. The number of carbonyl (C=O) groups excluding carboxylic acids is 2. The maximum atomic E-state index is 12.8. The summed E-state index contributed by atoms with van der Waals surface area (Å²) in [6.07, 6.45) is 0.868. The van der Waals surface area contributed by atoms with Gasteiger partial charge < -0.3 is 15.6 Å². The van der Waals surface area contributed by atoms with Gasteiger partial charge in [-0.05, 0) is 42.5 Å². The van der Waals surface area contributed by atoms with Crippen molar-refractivity contribution in [1.29, 1.82) is 0 Å². The number of carbonyl (C=O) groups is 2. The highest BCUT2D eigenvalue weighted by molar-refractivity contribution is 8.00. The zero-order chi connectivity index (χ0) is 21.8. The Labute approximate surface area is 188 Å². The summed E-state index contributed by atoms with van der Waals surface area (Å²) in [5.41, 5.74) is 8.90. The van der Waals surface area contributed by atoms with Gasteiger partial charge in [0.05, 0.1) is 21.8 Å². The number of thioether (sulfide) groups is 1. The Kier molecular flexibility index (Phi) is 6.39. The van der Waals surface area contributed by atoms with Crippen LogP contribution < -0.4 is 11.1 Å². The number of primary amides is 1. The van der Waals surface area contributed by atoms with Gasteiger partial charge in [0, 0.05) is 6.54 Å². The number of hydrogen-bond donors (Lipinski definition) is 2. The standard InChI is InChI=1S/C23H22N4O2S2/c1-15(21(29)26-22-17(20(24)28)12-14-30-22)31-23-25-18-9-5-6-10-19(18)27(23)13-11-16-7-3-2-4-8-16/h2-10,12,14-15H,11,13H2,1H3,(H2,24,28)(H,26,29). The molecule has 0 bridgehead atoms. The zero-order valence-electron chi connectivity index (χ0n) is 16.9. The second-order valence-electron chi connectivity index (χ2n) is 7.05. The van der Waals surface area contributed by atoms with Gasteiger partial charge in [0.1, 0.15) is 5.00 Å². The SMILES string of the molecule is CC(Sc1nc2ccccc2n1CCc1ccccc1)C(=O)Nc1sccc1C(N)=O. The van der Waals surface area contributed by atoms with Crippen LogP contribution in [0.2, 0.25) is 0 Å². The lowest BCUT2D eigenvalue weighted by Gasteiger charge is -2.13. The number of aryl methyl sites for hydroxylation is 2. The average Bonchev–Trinajstić information content (AvgIpc) is 3.37. The van der Waals surface area contributed by atoms with Crippen molar-refractivity contribution >= 4 is 50.9 Å². The van der Waals surface area contributed by atoms with Crippen LogP contribution in [0.1, 0.15) is 22.8 Å². The van der Waals surface area contributed by atoms with Gasteiger partial charge in [0.2, 0.25) is 5.91 Å². The number of para-hydroxylation sites is 2. The highest BCUT2D eigenvalue weighted by Gasteiger charge is 2.21. The number of rotatable bonds is 8. The first-order valence-electron chi connectivity index (χ1n) is 9.87. The van der Waals surface area contributed by atoms with Crippen LogP contribution in [0.5, 0.6) is 0 Å². The fourth-order valence-electron chi connectivity index (χ4n) is 3.27. The molecule has 0 saturated heterocycles. The van der Waals surface area contributed by atoms with Crippen LogP contribution in [0, 0.1) is 0 Å². The summed E-state index contributed by atoms with van der Waals surface area (Å²) in [6, 6.07) is 19.9. The van der Waals surface area contributed by atoms with E-state index < -0.39 is 11.2 Å². The van der Waals surface area contributed by atoms with Crippen molar-refractivity contribution < 1.29 is 9.59 Å². The van der Waals surface area contributed by atoms with Crippen molar-refractivity contribution in [1.82, 2.24) is 9.55 Å². The number of hydrogen-bond acceptors (Lipinski definition) is 5. The van der Waals surface area contributed by atoms with E-state index in [4.69, 9.17) is 10.7 Å². The van der Waals surface area contributed by atoms with Crippen molar-refractivity contribution in [2.24, 2.45) is 5.73 Å². The lowest BCUT2D eigenvalue weighted by molar-refractivity contribution is -0.115. The van der Waals surface area contributed by atoms with Crippen LogP contribution in [0.4, 0.5) is 5.00 Å². The van der Waals surface area contributed by atoms with E-state index in [0.717, 1.165) is 29.2 Å². The normalized spacial score (nSPS) is 12.0. The average molecular weight is 451 g/mol. The topological polar surface area (TPSA) is 90.0 Å². The fourth-order valence-corrected chi connectivity index (χ4v) is 5.02. The highest BCUT2D eigenvalue weighted by atomic mass is 32.2. The molecular formula is C23H22N4O2S2. The number of nitrogens with zero attached hydrogens (tertiary/aromatic N) is 2. The number of anilines is 1. The molecule has 0 radical (unpaired) electrons. The second-order valence-corrected chi connectivity index (χ2v) is 9.27. The second kappa shape index (κ2) is 9.36. The summed E-state index contributed by atoms with van der Waals surface area (Å²) in [6.45, 7) is 2.59. The summed E-state index contributed by atoms with van der Waals surface area (Å²) in [7, 11) is 0. The Morgan fingerprint density at radius 3 is 2.65 bits per heavy atom. The first kappa shape index (κ1) is 21.1. The number of benzene rings is 2. The Bertz CT molecular complexity index is 1220. The molecule has 8 heteroatoms. The Morgan fingerprint density at radius 2 is 1.87 bits per heavy atom. The number of thiophene rings is 1. The summed E-state index contributed by atoms with van der Waals surface area (Å²) >= 11 is 2.68. The van der Waals surface area contributed by atoms with Crippen molar-refractivity contribution in [3.05, 3.63) is 77.2 Å². The van der Waals surface area contributed by atoms with Gasteiger partial charge in [-0.3, -0.25) is 9.59 Å². The van der Waals surface area contributed by atoms with Crippen molar-refractivity contribution in [3.8, 4) is 0 Å². The summed E-state index contributed by atoms with van der Waals surface area (Å²) in [5, 5.41) is 5.42. The molecule has 1 unspecified atom stereocenters. The number of amides is 2. The number of imidazole rings is 1. The lowest BCUT2D eigenvalue weighted by Crippen LogP contribution is -2.24. The van der Waals surface area contributed by atoms with Gasteiger partial charge >= 0.3 is 0 Å². The van der Waals surface area contributed by atoms with E-state index in [0.29, 0.717) is 10.6 Å². The smallest absolute Gasteiger partial charge is 0.251 e. The Balaban J connectivity index is 1.53. The van der Waals surface area contributed by atoms with Crippen molar-refractivity contribution in [2.75, 3.05) is 5.32 Å². The van der Waals surface area contributed by atoms with E-state index in [1.54, 1.807) is 11.4 Å². The molecule has 158 valence electrons. The Hall–Kier alpha value is -3.10. The van der Waals surface area contributed by atoms with E-state index in [9.17, 15) is 9.59 Å². The Morgan fingerprint density at radius 1 is 1.13 bits per heavy atom. The maximum Gasteiger partial charge on any atom is 0.251 e. The van der Waals surface area contributed by atoms with Crippen LogP contribution in [-0.4, -0.2) is 26.6 Å². The maximum absolute atomic E-state index is 12.8. The van der Waals surface area contributed by atoms with E-state index in [2.05, 4.69) is 22.0 Å². The monoisotopic (exact) mass is 450 g/mol. The first-order valence-corrected chi connectivity index (χ1v) is 11.6. The number of aromatic nitrogens is 2. The van der Waals surface area contributed by atoms with Crippen LogP contribution in [0.15, 0.2) is 71.2 Å². The van der Waals surface area contributed by atoms with Gasteiger partial charge in [-0.25, -0.2) is 4.98 Å². The highest BCUT2D eigenvalue weighted by Crippen LogP contribution is 2.29. The van der Waals surface area contributed by atoms with Gasteiger partial charge in [-0.15, -0.1) is 11.3 Å². The number of fused-ring (bicyclic) bond motifs is 1. The fraction of sp³-hybridized carbons (Fsp3) is 0.174. The zero-order valence-corrected chi connectivity index (χ0v) is 18.6. The van der Waals surface area contributed by atoms with Gasteiger partial charge in [0.15, 0.2) is 5.16 Å². The van der Waals surface area contributed by atoms with E-state index in [-0.39, 0.29) is 5.91 Å². The molecule has 2 aromatic carbocycles. The van der Waals surface area contributed by atoms with Gasteiger partial charge in [0.25, 0.3) is 5.91 Å². The van der Waals surface area contributed by atoms with E-state index in [1.807, 2.05) is 49.4 Å². The predicted octanol–water partition coefficient (Wildman–Crippen LogP) is 4.56. The van der Waals surface area contributed by atoms with Gasteiger partial charge in [-0.2, -0.15) is 0 Å². The molecule has 2 amide bonds. The molecule has 0 spiro atoms. The molecule has 0 aliphatic heterocycles. The number of nitrogens with one attached hydrogen (secondary N) is 1. The number of nitrogens with two attached hydrogens (primary N) is 1. The third-order valence-corrected chi connectivity index (χ3v) is 6.83.